The van der Waals surface area contributed by atoms with E-state index in [9.17, 15) is 4.79 Å². The topological polar surface area (TPSA) is 54.3 Å². The molecule has 1 fully saturated rings. The predicted molar refractivity (Wildman–Crippen MR) is 130 cm³/mol. The van der Waals surface area contributed by atoms with Crippen LogP contribution >= 0.6 is 11.3 Å². The van der Waals surface area contributed by atoms with Gasteiger partial charge in [0, 0.05) is 31.7 Å². The van der Waals surface area contributed by atoms with E-state index in [0.717, 1.165) is 51.1 Å². The minimum absolute atomic E-state index is 0.114. The van der Waals surface area contributed by atoms with Crippen molar-refractivity contribution < 1.29 is 4.79 Å². The maximum absolute atomic E-state index is 13.0. The van der Waals surface area contributed by atoms with E-state index in [1.165, 1.54) is 11.1 Å². The lowest BCUT2D eigenvalue weighted by Gasteiger charge is -2.34. The van der Waals surface area contributed by atoms with Crippen LogP contribution in [0.25, 0.3) is 16.0 Å². The van der Waals surface area contributed by atoms with Gasteiger partial charge in [-0.2, -0.15) is 10.1 Å². The van der Waals surface area contributed by atoms with Crippen LogP contribution in [0.3, 0.4) is 0 Å². The van der Waals surface area contributed by atoms with Gasteiger partial charge in [0.2, 0.25) is 0 Å². The molecule has 1 aliphatic rings. The first-order chi connectivity index (χ1) is 15.4. The number of rotatable bonds is 3. The number of thiazole rings is 1. The highest BCUT2D eigenvalue weighted by atomic mass is 32.1. The molecule has 0 unspecified atom stereocenters. The Morgan fingerprint density at radius 2 is 1.62 bits per heavy atom. The van der Waals surface area contributed by atoms with E-state index in [4.69, 9.17) is 10.1 Å². The van der Waals surface area contributed by atoms with Gasteiger partial charge < -0.3 is 9.80 Å². The number of aryl methyl sites for hydroxylation is 4. The molecule has 2 aromatic heterocycles. The van der Waals surface area contributed by atoms with Crippen molar-refractivity contribution in [1.82, 2.24) is 19.7 Å². The van der Waals surface area contributed by atoms with Crippen molar-refractivity contribution in [3.8, 4) is 5.69 Å². The molecule has 3 heterocycles. The van der Waals surface area contributed by atoms with Gasteiger partial charge in [0.25, 0.3) is 5.91 Å². The molecule has 0 N–H and O–H groups in total. The summed E-state index contributed by atoms with van der Waals surface area (Å²) in [6.45, 7) is 11.2. The zero-order chi connectivity index (χ0) is 22.4. The van der Waals surface area contributed by atoms with Gasteiger partial charge in [0.1, 0.15) is 0 Å². The summed E-state index contributed by atoms with van der Waals surface area (Å²) in [4.78, 5) is 22.1. The fraction of sp³-hybridized carbons (Fsp3) is 0.320. The van der Waals surface area contributed by atoms with E-state index in [2.05, 4.69) is 49.9 Å². The molecule has 0 aliphatic carbocycles. The highest BCUT2D eigenvalue weighted by Crippen LogP contribution is 2.33. The van der Waals surface area contributed by atoms with Gasteiger partial charge in [0.15, 0.2) is 10.8 Å². The number of aromatic nitrogens is 3. The van der Waals surface area contributed by atoms with E-state index < -0.39 is 0 Å². The van der Waals surface area contributed by atoms with Crippen molar-refractivity contribution in [2.24, 2.45) is 0 Å². The maximum Gasteiger partial charge on any atom is 0.253 e. The largest absolute Gasteiger partial charge is 0.344 e. The minimum atomic E-state index is 0.114. The highest BCUT2D eigenvalue weighted by Gasteiger charge is 2.25. The summed E-state index contributed by atoms with van der Waals surface area (Å²) >= 11 is 1.69. The number of hydrogen-bond acceptors (Lipinski definition) is 5. The molecule has 6 nitrogen and oxygen atoms in total. The second kappa shape index (κ2) is 8.06. The summed E-state index contributed by atoms with van der Waals surface area (Å²) < 4.78 is 3.05. The number of carbonyl (C=O) groups excluding carboxylic acids is 1. The molecule has 4 aromatic rings. The van der Waals surface area contributed by atoms with Crippen LogP contribution in [0, 0.1) is 27.7 Å². The molecular formula is C25H27N5OS. The number of carbonyl (C=O) groups is 1. The Balaban J connectivity index is 1.34. The third-order valence-corrected chi connectivity index (χ3v) is 7.46. The average Bonchev–Trinajstić information content (AvgIpc) is 3.36. The molecule has 32 heavy (non-hydrogen) atoms. The smallest absolute Gasteiger partial charge is 0.253 e. The Labute approximate surface area is 192 Å². The van der Waals surface area contributed by atoms with Crippen molar-refractivity contribution >= 4 is 32.7 Å². The summed E-state index contributed by atoms with van der Waals surface area (Å²) in [7, 11) is 0. The summed E-state index contributed by atoms with van der Waals surface area (Å²) in [6, 6.07) is 14.3. The Bertz CT molecular complexity index is 1300. The van der Waals surface area contributed by atoms with Crippen LogP contribution in [0.15, 0.2) is 42.5 Å². The van der Waals surface area contributed by atoms with Crippen LogP contribution in [0.1, 0.15) is 32.7 Å². The SMILES string of the molecule is Cc1ccc(-n2nc(C)c3sc(N4CCN(C(=O)c5ccc(C)c(C)c5)CC4)nc32)cc1. The first-order valence-corrected chi connectivity index (χ1v) is 11.8. The van der Waals surface area contributed by atoms with Gasteiger partial charge in [-0.1, -0.05) is 35.1 Å². The molecule has 0 saturated carbocycles. The standard InChI is InChI=1S/C25H27N5OS/c1-16-5-9-21(10-6-16)30-23-22(19(4)27-30)32-25(26-23)29-13-11-28(12-14-29)24(31)20-8-7-17(2)18(3)15-20/h5-10,15H,11-14H2,1-4H3. The minimum Gasteiger partial charge on any atom is -0.344 e. The normalized spacial score (nSPS) is 14.4. The predicted octanol–water partition coefficient (Wildman–Crippen LogP) is 4.68. The zero-order valence-corrected chi connectivity index (χ0v) is 19.7. The Morgan fingerprint density at radius 3 is 2.31 bits per heavy atom. The van der Waals surface area contributed by atoms with Crippen LogP contribution in [0.4, 0.5) is 5.13 Å². The number of hydrogen-bond donors (Lipinski definition) is 0. The van der Waals surface area contributed by atoms with Gasteiger partial charge in [-0.3, -0.25) is 4.79 Å². The molecular weight excluding hydrogens is 418 g/mol. The summed E-state index contributed by atoms with van der Waals surface area (Å²) in [5.74, 6) is 0.114. The Morgan fingerprint density at radius 1 is 0.906 bits per heavy atom. The van der Waals surface area contributed by atoms with E-state index >= 15 is 0 Å². The highest BCUT2D eigenvalue weighted by molar-refractivity contribution is 7.22. The number of anilines is 1. The molecule has 1 saturated heterocycles. The molecule has 0 atom stereocenters. The van der Waals surface area contributed by atoms with Crippen LogP contribution < -0.4 is 4.90 Å². The second-order valence-electron chi connectivity index (χ2n) is 8.56. The zero-order valence-electron chi connectivity index (χ0n) is 18.9. The van der Waals surface area contributed by atoms with E-state index in [-0.39, 0.29) is 5.91 Å². The lowest BCUT2D eigenvalue weighted by atomic mass is 10.1. The van der Waals surface area contributed by atoms with Gasteiger partial charge in [-0.05, 0) is 63.1 Å². The summed E-state index contributed by atoms with van der Waals surface area (Å²) in [5, 5.41) is 5.71. The molecule has 1 amide bonds. The molecule has 2 aromatic carbocycles. The van der Waals surface area contributed by atoms with Gasteiger partial charge in [0.05, 0.1) is 16.1 Å². The third kappa shape index (κ3) is 3.66. The quantitative estimate of drug-likeness (QED) is 0.460. The molecule has 0 spiro atoms. The molecule has 0 bridgehead atoms. The third-order valence-electron chi connectivity index (χ3n) is 6.25. The number of benzene rings is 2. The average molecular weight is 446 g/mol. The van der Waals surface area contributed by atoms with Crippen molar-refractivity contribution in [2.75, 3.05) is 31.1 Å². The summed E-state index contributed by atoms with van der Waals surface area (Å²) in [5.41, 5.74) is 7.28. The lowest BCUT2D eigenvalue weighted by Crippen LogP contribution is -2.48. The molecule has 164 valence electrons. The Kier molecular flexibility index (Phi) is 5.21. The van der Waals surface area contributed by atoms with E-state index in [1.54, 1.807) is 11.3 Å². The van der Waals surface area contributed by atoms with Crippen LogP contribution in [0.5, 0.6) is 0 Å². The number of piperazine rings is 1. The monoisotopic (exact) mass is 445 g/mol. The molecule has 7 heteroatoms. The Hall–Kier alpha value is -3.19. The van der Waals surface area contributed by atoms with Crippen LogP contribution in [-0.4, -0.2) is 51.8 Å². The first-order valence-electron chi connectivity index (χ1n) is 11.0. The van der Waals surface area contributed by atoms with Crippen molar-refractivity contribution in [3.63, 3.8) is 0 Å². The van der Waals surface area contributed by atoms with Gasteiger partial charge >= 0.3 is 0 Å². The number of amides is 1. The maximum atomic E-state index is 13.0. The van der Waals surface area contributed by atoms with Gasteiger partial charge in [-0.25, -0.2) is 4.68 Å². The molecule has 0 radical (unpaired) electrons. The van der Waals surface area contributed by atoms with Crippen molar-refractivity contribution in [2.45, 2.75) is 27.7 Å². The van der Waals surface area contributed by atoms with Crippen LogP contribution in [-0.2, 0) is 0 Å². The lowest BCUT2D eigenvalue weighted by molar-refractivity contribution is 0.0746. The van der Waals surface area contributed by atoms with E-state index in [0.29, 0.717) is 13.1 Å². The number of nitrogens with zero attached hydrogens (tertiary/aromatic N) is 5. The van der Waals surface area contributed by atoms with Crippen LogP contribution in [0.2, 0.25) is 0 Å². The molecule has 5 rings (SSSR count). The van der Waals surface area contributed by atoms with Crippen molar-refractivity contribution in [3.05, 3.63) is 70.4 Å². The van der Waals surface area contributed by atoms with Gasteiger partial charge in [-0.15, -0.1) is 0 Å². The van der Waals surface area contributed by atoms with Crippen molar-refractivity contribution in [1.29, 1.82) is 0 Å². The first kappa shape index (κ1) is 20.7. The summed E-state index contributed by atoms with van der Waals surface area (Å²) in [6.07, 6.45) is 0. The van der Waals surface area contributed by atoms with E-state index in [1.807, 2.05) is 34.7 Å². The molecule has 1 aliphatic heterocycles. The second-order valence-corrected chi connectivity index (χ2v) is 9.54. The fourth-order valence-corrected chi connectivity index (χ4v) is 5.12. The fourth-order valence-electron chi connectivity index (χ4n) is 4.08. The number of fused-ring (bicyclic) bond motifs is 1.